The number of carbonyl (C=O) groups is 1. The number of alkyl halides is 2. The molecule has 1 amide bonds. The highest BCUT2D eigenvalue weighted by atomic mass is 19.3. The van der Waals surface area contributed by atoms with Gasteiger partial charge in [0.1, 0.15) is 17.9 Å². The van der Waals surface area contributed by atoms with Crippen molar-refractivity contribution in [2.45, 2.75) is 38.7 Å². The fraction of sp³-hybridized carbons (Fsp3) is 0.421. The monoisotopic (exact) mass is 402 g/mol. The predicted molar refractivity (Wildman–Crippen MR) is 98.0 cm³/mol. The van der Waals surface area contributed by atoms with Crippen LogP contribution in [-0.2, 0) is 11.3 Å². The van der Waals surface area contributed by atoms with Gasteiger partial charge in [0, 0.05) is 25.2 Å². The maximum atomic E-state index is 13.1. The number of aryl methyl sites for hydroxylation is 1. The summed E-state index contributed by atoms with van der Waals surface area (Å²) in [6.07, 6.45) is 0.321. The van der Waals surface area contributed by atoms with Crippen molar-refractivity contribution in [1.82, 2.24) is 29.8 Å². The summed E-state index contributed by atoms with van der Waals surface area (Å²) in [7, 11) is 0. The summed E-state index contributed by atoms with van der Waals surface area (Å²) < 4.78 is 32.6. The van der Waals surface area contributed by atoms with Crippen LogP contribution in [0.25, 0.3) is 11.5 Å². The number of hydrogen-bond donors (Lipinski definition) is 0. The van der Waals surface area contributed by atoms with E-state index in [2.05, 4.69) is 20.2 Å². The molecule has 3 aromatic heterocycles. The Balaban J connectivity index is 1.36. The molecule has 0 atom stereocenters. The van der Waals surface area contributed by atoms with Crippen LogP contribution in [0.15, 0.2) is 35.0 Å². The van der Waals surface area contributed by atoms with E-state index in [1.165, 1.54) is 6.07 Å². The topological polar surface area (TPSA) is 89.9 Å². The Kier molecular flexibility index (Phi) is 5.32. The van der Waals surface area contributed by atoms with Gasteiger partial charge in [0.05, 0.1) is 5.69 Å². The van der Waals surface area contributed by atoms with Crippen LogP contribution in [0.5, 0.6) is 0 Å². The van der Waals surface area contributed by atoms with Gasteiger partial charge in [-0.2, -0.15) is 10.1 Å². The van der Waals surface area contributed by atoms with Gasteiger partial charge >= 0.3 is 0 Å². The van der Waals surface area contributed by atoms with Crippen LogP contribution >= 0.6 is 0 Å². The van der Waals surface area contributed by atoms with Crippen molar-refractivity contribution in [2.75, 3.05) is 13.1 Å². The van der Waals surface area contributed by atoms with Crippen molar-refractivity contribution in [3.05, 3.63) is 47.7 Å². The molecule has 10 heteroatoms. The SMILES string of the molecule is Cc1cc(C(F)F)n(CC(=O)N2CCC(c3nc(-c4ccccn4)no3)CC2)n1. The maximum absolute atomic E-state index is 13.1. The molecule has 1 aliphatic heterocycles. The average Bonchev–Trinajstić information content (AvgIpc) is 3.36. The zero-order valence-corrected chi connectivity index (χ0v) is 15.8. The average molecular weight is 402 g/mol. The summed E-state index contributed by atoms with van der Waals surface area (Å²) in [4.78, 5) is 22.8. The van der Waals surface area contributed by atoms with Gasteiger partial charge < -0.3 is 9.42 Å². The molecule has 3 aromatic rings. The molecule has 1 aliphatic rings. The van der Waals surface area contributed by atoms with E-state index in [-0.39, 0.29) is 24.1 Å². The lowest BCUT2D eigenvalue weighted by atomic mass is 9.96. The van der Waals surface area contributed by atoms with Gasteiger partial charge in [0.15, 0.2) is 0 Å². The van der Waals surface area contributed by atoms with Gasteiger partial charge in [-0.3, -0.25) is 14.5 Å². The van der Waals surface area contributed by atoms with Crippen molar-refractivity contribution >= 4 is 5.91 Å². The van der Waals surface area contributed by atoms with Crippen LogP contribution in [0.2, 0.25) is 0 Å². The molecule has 1 fully saturated rings. The smallest absolute Gasteiger partial charge is 0.280 e. The van der Waals surface area contributed by atoms with Gasteiger partial charge in [0.25, 0.3) is 6.43 Å². The quantitative estimate of drug-likeness (QED) is 0.652. The minimum absolute atomic E-state index is 0.0487. The lowest BCUT2D eigenvalue weighted by Crippen LogP contribution is -2.40. The zero-order valence-electron chi connectivity index (χ0n) is 15.8. The van der Waals surface area contributed by atoms with Crippen LogP contribution in [0.1, 0.15) is 42.5 Å². The summed E-state index contributed by atoms with van der Waals surface area (Å²) in [5.41, 5.74) is 0.866. The van der Waals surface area contributed by atoms with Gasteiger partial charge in [-0.15, -0.1) is 0 Å². The molecule has 29 heavy (non-hydrogen) atoms. The van der Waals surface area contributed by atoms with Crippen molar-refractivity contribution in [3.63, 3.8) is 0 Å². The molecule has 0 saturated carbocycles. The normalized spacial score (nSPS) is 15.2. The molecule has 0 radical (unpaired) electrons. The Bertz CT molecular complexity index is 980. The number of likely N-dealkylation sites (tertiary alicyclic amines) is 1. The van der Waals surface area contributed by atoms with Crippen LogP contribution in [0.4, 0.5) is 8.78 Å². The highest BCUT2D eigenvalue weighted by Gasteiger charge is 2.28. The van der Waals surface area contributed by atoms with Gasteiger partial charge in [-0.25, -0.2) is 8.78 Å². The minimum atomic E-state index is -2.67. The molecule has 4 rings (SSSR count). The third kappa shape index (κ3) is 4.15. The molecular weight excluding hydrogens is 382 g/mol. The number of nitrogens with zero attached hydrogens (tertiary/aromatic N) is 6. The van der Waals surface area contributed by atoms with E-state index >= 15 is 0 Å². The van der Waals surface area contributed by atoms with E-state index in [1.807, 2.05) is 12.1 Å². The van der Waals surface area contributed by atoms with Crippen molar-refractivity contribution in [3.8, 4) is 11.5 Å². The van der Waals surface area contributed by atoms with Gasteiger partial charge in [-0.05, 0) is 38.0 Å². The van der Waals surface area contributed by atoms with Crippen molar-refractivity contribution in [1.29, 1.82) is 0 Å². The van der Waals surface area contributed by atoms with Crippen molar-refractivity contribution < 1.29 is 18.1 Å². The summed E-state index contributed by atoms with van der Waals surface area (Å²) in [5, 5.41) is 8.00. The fourth-order valence-corrected chi connectivity index (χ4v) is 3.47. The highest BCUT2D eigenvalue weighted by Crippen LogP contribution is 2.28. The number of rotatable bonds is 5. The number of piperidine rings is 1. The molecule has 0 unspecified atom stereocenters. The summed E-state index contributed by atoms with van der Waals surface area (Å²) >= 11 is 0. The number of aromatic nitrogens is 5. The van der Waals surface area contributed by atoms with E-state index in [1.54, 1.807) is 24.1 Å². The van der Waals surface area contributed by atoms with E-state index in [0.29, 0.717) is 49.0 Å². The van der Waals surface area contributed by atoms with E-state index in [0.717, 1.165) is 4.68 Å². The number of carbonyl (C=O) groups excluding carboxylic acids is 1. The summed E-state index contributed by atoms with van der Waals surface area (Å²) in [5.74, 6) is 0.786. The van der Waals surface area contributed by atoms with Crippen molar-refractivity contribution in [2.24, 2.45) is 0 Å². The molecule has 1 saturated heterocycles. The lowest BCUT2D eigenvalue weighted by Gasteiger charge is -2.30. The first-order chi connectivity index (χ1) is 14.0. The Morgan fingerprint density at radius 3 is 2.79 bits per heavy atom. The standard InChI is InChI=1S/C19H20F2N6O2/c1-12-10-15(17(20)21)27(24-12)11-16(28)26-8-5-13(6-9-26)19-23-18(25-29-19)14-4-2-3-7-22-14/h2-4,7,10,13,17H,5-6,8-9,11H2,1H3. The number of hydrogen-bond acceptors (Lipinski definition) is 6. The largest absolute Gasteiger partial charge is 0.341 e. The van der Waals surface area contributed by atoms with Crippen LogP contribution in [0, 0.1) is 6.92 Å². The molecule has 8 nitrogen and oxygen atoms in total. The number of pyridine rings is 1. The maximum Gasteiger partial charge on any atom is 0.280 e. The second-order valence-electron chi connectivity index (χ2n) is 7.00. The number of amides is 1. The third-order valence-electron chi connectivity index (χ3n) is 4.97. The summed E-state index contributed by atoms with van der Waals surface area (Å²) in [6.45, 7) is 2.43. The lowest BCUT2D eigenvalue weighted by molar-refractivity contribution is -0.133. The Morgan fingerprint density at radius 1 is 1.31 bits per heavy atom. The zero-order chi connectivity index (χ0) is 20.4. The minimum Gasteiger partial charge on any atom is -0.341 e. The molecule has 4 heterocycles. The Morgan fingerprint density at radius 2 is 2.10 bits per heavy atom. The first-order valence-corrected chi connectivity index (χ1v) is 9.36. The Labute approximate surface area is 165 Å². The molecule has 0 bridgehead atoms. The third-order valence-corrected chi connectivity index (χ3v) is 4.97. The van der Waals surface area contributed by atoms with E-state index in [9.17, 15) is 13.6 Å². The Hall–Kier alpha value is -3.17. The molecule has 0 spiro atoms. The molecule has 0 aromatic carbocycles. The molecule has 152 valence electrons. The molecular formula is C19H20F2N6O2. The molecule has 0 N–H and O–H groups in total. The van der Waals surface area contributed by atoms with Crippen LogP contribution in [0.3, 0.4) is 0 Å². The first kappa shape index (κ1) is 19.2. The fourth-order valence-electron chi connectivity index (χ4n) is 3.47. The number of halogens is 2. The van der Waals surface area contributed by atoms with E-state index in [4.69, 9.17) is 4.52 Å². The second-order valence-corrected chi connectivity index (χ2v) is 7.00. The van der Waals surface area contributed by atoms with Crippen LogP contribution < -0.4 is 0 Å². The van der Waals surface area contributed by atoms with E-state index < -0.39 is 6.43 Å². The second kappa shape index (κ2) is 8.06. The van der Waals surface area contributed by atoms with Gasteiger partial charge in [0.2, 0.25) is 17.6 Å². The van der Waals surface area contributed by atoms with Crippen LogP contribution in [-0.4, -0.2) is 48.8 Å². The highest BCUT2D eigenvalue weighted by molar-refractivity contribution is 5.76. The molecule has 0 aliphatic carbocycles. The predicted octanol–water partition coefficient (Wildman–Crippen LogP) is 2.98. The summed E-state index contributed by atoms with van der Waals surface area (Å²) in [6, 6.07) is 6.77. The van der Waals surface area contributed by atoms with Gasteiger partial charge in [-0.1, -0.05) is 11.2 Å². The first-order valence-electron chi connectivity index (χ1n) is 9.36.